The lowest BCUT2D eigenvalue weighted by atomic mass is 10.1. The normalized spacial score (nSPS) is 15.5. The van der Waals surface area contributed by atoms with Gasteiger partial charge in [0.2, 0.25) is 0 Å². The molecule has 0 saturated carbocycles. The highest BCUT2D eigenvalue weighted by molar-refractivity contribution is 5.96. The first kappa shape index (κ1) is 23.5. The fourth-order valence-corrected chi connectivity index (χ4v) is 5.10. The minimum atomic E-state index is -2.64. The fourth-order valence-electron chi connectivity index (χ4n) is 5.10. The van der Waals surface area contributed by atoms with Crippen molar-refractivity contribution in [3.05, 3.63) is 78.8 Å². The Morgan fingerprint density at radius 2 is 1.79 bits per heavy atom. The summed E-state index contributed by atoms with van der Waals surface area (Å²) in [4.78, 5) is 22.9. The number of nitrogens with zero attached hydrogens (tertiary/aromatic N) is 6. The number of hydrogen-bond acceptors (Lipinski definition) is 6. The number of H-pyrrole nitrogens is 2. The van der Waals surface area contributed by atoms with Crippen LogP contribution in [-0.2, 0) is 6.54 Å². The molecule has 6 heterocycles. The predicted octanol–water partition coefficient (Wildman–Crippen LogP) is 5.61. The van der Waals surface area contributed by atoms with Crippen molar-refractivity contribution in [3.63, 3.8) is 0 Å². The van der Waals surface area contributed by atoms with Crippen molar-refractivity contribution in [3.8, 4) is 33.8 Å². The summed E-state index contributed by atoms with van der Waals surface area (Å²) >= 11 is 0. The van der Waals surface area contributed by atoms with Crippen molar-refractivity contribution in [2.24, 2.45) is 0 Å². The van der Waals surface area contributed by atoms with Crippen LogP contribution in [0.15, 0.2) is 67.4 Å². The molecule has 0 spiro atoms. The molecule has 1 aliphatic heterocycles. The molecular weight excluding hydrogens is 505 g/mol. The number of fused-ring (bicyclic) bond motifs is 2. The van der Waals surface area contributed by atoms with Crippen LogP contribution < -0.4 is 0 Å². The van der Waals surface area contributed by atoms with E-state index in [9.17, 15) is 13.2 Å². The number of halogens is 3. The highest BCUT2D eigenvalue weighted by Crippen LogP contribution is 2.33. The van der Waals surface area contributed by atoms with Crippen molar-refractivity contribution in [2.75, 3.05) is 13.1 Å². The number of alkyl halides is 2. The number of likely N-dealkylation sites (tertiary alicyclic amines) is 1. The Hall–Kier alpha value is -4.64. The van der Waals surface area contributed by atoms with Crippen molar-refractivity contribution in [1.82, 2.24) is 40.0 Å². The minimum Gasteiger partial charge on any atom is -0.335 e. The molecule has 1 fully saturated rings. The Balaban J connectivity index is 1.25. The van der Waals surface area contributed by atoms with Crippen molar-refractivity contribution in [2.45, 2.75) is 18.9 Å². The Morgan fingerprint density at radius 3 is 2.64 bits per heavy atom. The monoisotopic (exact) mass is 526 g/mol. The molecule has 0 amide bonds. The van der Waals surface area contributed by atoms with Crippen LogP contribution in [0.3, 0.4) is 0 Å². The first-order valence-corrected chi connectivity index (χ1v) is 12.4. The molecule has 39 heavy (non-hydrogen) atoms. The van der Waals surface area contributed by atoms with Gasteiger partial charge in [0.15, 0.2) is 11.5 Å². The lowest BCUT2D eigenvalue weighted by Gasteiger charge is -2.15. The second-order valence-corrected chi connectivity index (χ2v) is 9.74. The zero-order valence-electron chi connectivity index (χ0n) is 20.5. The van der Waals surface area contributed by atoms with Crippen LogP contribution in [0.4, 0.5) is 13.2 Å². The van der Waals surface area contributed by atoms with Crippen molar-refractivity contribution >= 4 is 22.1 Å². The Morgan fingerprint density at radius 1 is 0.949 bits per heavy atom. The second kappa shape index (κ2) is 8.98. The third-order valence-corrected chi connectivity index (χ3v) is 6.98. The van der Waals surface area contributed by atoms with Gasteiger partial charge in [0.1, 0.15) is 17.0 Å². The van der Waals surface area contributed by atoms with Gasteiger partial charge in [-0.15, -0.1) is 0 Å². The lowest BCUT2D eigenvalue weighted by molar-refractivity contribution is 0.0115. The molecule has 1 aliphatic rings. The maximum absolute atomic E-state index is 14.5. The van der Waals surface area contributed by atoms with E-state index in [1.165, 1.54) is 6.07 Å². The van der Waals surface area contributed by atoms with E-state index < -0.39 is 5.92 Å². The van der Waals surface area contributed by atoms with E-state index in [2.05, 4.69) is 30.1 Å². The Labute approximate surface area is 220 Å². The van der Waals surface area contributed by atoms with E-state index >= 15 is 0 Å². The van der Waals surface area contributed by atoms with Gasteiger partial charge in [-0.3, -0.25) is 20.0 Å². The van der Waals surface area contributed by atoms with Gasteiger partial charge in [-0.2, -0.15) is 5.10 Å². The molecule has 2 N–H and O–H groups in total. The van der Waals surface area contributed by atoms with Gasteiger partial charge in [0.25, 0.3) is 5.92 Å². The number of rotatable bonds is 5. The van der Waals surface area contributed by atoms with Crippen LogP contribution in [0.1, 0.15) is 12.0 Å². The summed E-state index contributed by atoms with van der Waals surface area (Å²) in [7, 11) is 0. The summed E-state index contributed by atoms with van der Waals surface area (Å²) in [5, 5.41) is 8.12. The largest absolute Gasteiger partial charge is 0.335 e. The number of aromatic amines is 2. The molecule has 1 saturated heterocycles. The summed E-state index contributed by atoms with van der Waals surface area (Å²) in [5.74, 6) is -2.51. The molecule has 0 atom stereocenters. The molecule has 0 unspecified atom stereocenters. The predicted molar refractivity (Wildman–Crippen MR) is 140 cm³/mol. The Kier molecular flexibility index (Phi) is 5.41. The van der Waals surface area contributed by atoms with Crippen LogP contribution in [0.25, 0.3) is 55.8 Å². The summed E-state index contributed by atoms with van der Waals surface area (Å²) in [6.07, 6.45) is 8.25. The summed E-state index contributed by atoms with van der Waals surface area (Å²) in [6.45, 7) is 0.518. The molecule has 8 nitrogen and oxygen atoms in total. The maximum Gasteiger partial charge on any atom is 0.261 e. The van der Waals surface area contributed by atoms with E-state index in [1.54, 1.807) is 54.1 Å². The van der Waals surface area contributed by atoms with E-state index in [-0.39, 0.29) is 18.8 Å². The fraction of sp³-hybridized carbons (Fsp3) is 0.179. The quantitative estimate of drug-likeness (QED) is 0.303. The lowest BCUT2D eigenvalue weighted by Crippen LogP contribution is -2.24. The molecule has 11 heteroatoms. The molecule has 6 aromatic rings. The molecule has 5 aromatic heterocycles. The molecule has 0 radical (unpaired) electrons. The smallest absolute Gasteiger partial charge is 0.261 e. The van der Waals surface area contributed by atoms with Gasteiger partial charge in [0, 0.05) is 66.6 Å². The molecule has 0 bridgehead atoms. The zero-order chi connectivity index (χ0) is 26.6. The van der Waals surface area contributed by atoms with Gasteiger partial charge < -0.3 is 4.98 Å². The number of benzene rings is 1. The number of aromatic nitrogens is 7. The number of pyridine rings is 3. The first-order chi connectivity index (χ1) is 18.9. The average molecular weight is 527 g/mol. The van der Waals surface area contributed by atoms with Gasteiger partial charge in [-0.1, -0.05) is 18.2 Å². The third kappa shape index (κ3) is 4.30. The molecule has 0 aliphatic carbocycles. The maximum atomic E-state index is 14.5. The molecule has 7 rings (SSSR count). The van der Waals surface area contributed by atoms with Crippen molar-refractivity contribution < 1.29 is 13.2 Å². The van der Waals surface area contributed by atoms with Crippen LogP contribution in [0, 0.1) is 5.82 Å². The Bertz CT molecular complexity index is 1840. The van der Waals surface area contributed by atoms with Crippen LogP contribution in [-0.4, -0.2) is 59.0 Å². The number of nitrogens with one attached hydrogen (secondary N) is 2. The second-order valence-electron chi connectivity index (χ2n) is 9.74. The van der Waals surface area contributed by atoms with Crippen LogP contribution in [0.2, 0.25) is 0 Å². The first-order valence-electron chi connectivity index (χ1n) is 12.4. The molecule has 194 valence electrons. The summed E-state index contributed by atoms with van der Waals surface area (Å²) in [6, 6.07) is 10.4. The van der Waals surface area contributed by atoms with Crippen LogP contribution in [0.5, 0.6) is 0 Å². The average Bonchev–Trinajstić information content (AvgIpc) is 3.64. The highest BCUT2D eigenvalue weighted by Gasteiger charge is 2.37. The third-order valence-electron chi connectivity index (χ3n) is 6.98. The van der Waals surface area contributed by atoms with E-state index in [1.807, 2.05) is 12.1 Å². The van der Waals surface area contributed by atoms with Gasteiger partial charge in [0.05, 0.1) is 23.6 Å². The van der Waals surface area contributed by atoms with E-state index in [0.717, 1.165) is 22.1 Å². The highest BCUT2D eigenvalue weighted by atomic mass is 19.3. The van der Waals surface area contributed by atoms with E-state index in [4.69, 9.17) is 4.98 Å². The zero-order valence-corrected chi connectivity index (χ0v) is 20.5. The number of imidazole rings is 1. The van der Waals surface area contributed by atoms with Gasteiger partial charge in [-0.25, -0.2) is 23.1 Å². The summed E-state index contributed by atoms with van der Waals surface area (Å²) < 4.78 is 41.8. The minimum absolute atomic E-state index is 0.121. The van der Waals surface area contributed by atoms with E-state index in [0.29, 0.717) is 52.4 Å². The standard InChI is InChI=1S/C28H21F3N8/c29-22-4-2-1-3-19(22)21-12-33-13-23-24(21)36-27(35-23)25-20-8-18(11-34-26(20)38-37-25)17-7-16(9-32-10-17)14-39-6-5-28(30,31)15-39/h1-4,7-13H,5-6,14-15H2,(H,35,36)(H,34,37,38). The molecular formula is C28H21F3N8. The van der Waals surface area contributed by atoms with Crippen molar-refractivity contribution in [1.29, 1.82) is 0 Å². The van der Waals surface area contributed by atoms with Gasteiger partial charge >= 0.3 is 0 Å². The number of hydrogen-bond donors (Lipinski definition) is 2. The topological polar surface area (TPSA) is 99.3 Å². The van der Waals surface area contributed by atoms with Crippen LogP contribution >= 0.6 is 0 Å². The molecule has 1 aromatic carbocycles. The van der Waals surface area contributed by atoms with Gasteiger partial charge in [-0.05, 0) is 23.8 Å². The summed E-state index contributed by atoms with van der Waals surface area (Å²) in [5.41, 5.74) is 5.81. The SMILES string of the molecule is Fc1ccccc1-c1cncc2[nH]c(-c3n[nH]c4ncc(-c5cncc(CN6CCC(F)(F)C6)c5)cc34)nc12.